The highest BCUT2D eigenvalue weighted by Gasteiger charge is 2.18. The quantitative estimate of drug-likeness (QED) is 0.151. The van der Waals surface area contributed by atoms with Gasteiger partial charge in [-0.05, 0) is 172 Å². The summed E-state index contributed by atoms with van der Waals surface area (Å²) in [6.07, 6.45) is 0. The molecule has 0 N–H and O–H groups in total. The van der Waals surface area contributed by atoms with Gasteiger partial charge in [0.05, 0.1) is 0 Å². The Morgan fingerprint density at radius 3 is 0.721 bits per heavy atom. The number of hydrogen-bond acceptors (Lipinski definition) is 0. The van der Waals surface area contributed by atoms with Gasteiger partial charge in [-0.2, -0.15) is 0 Å². The molecule has 0 unspecified atom stereocenters. The molecule has 0 atom stereocenters. The second-order valence-corrected chi connectivity index (χ2v) is 18.3. The van der Waals surface area contributed by atoms with Crippen LogP contribution in [-0.2, 0) is 0 Å². The lowest BCUT2D eigenvalue weighted by molar-refractivity contribution is 1.57. The molecule has 0 aliphatic rings. The molecule has 0 amide bonds. The van der Waals surface area contributed by atoms with Crippen molar-refractivity contribution >= 4 is 86.2 Å². The van der Waals surface area contributed by atoms with Gasteiger partial charge in [0.15, 0.2) is 0 Å². The SMILES string of the molecule is c1cc(-c2ccc(-c3cccc(-c4cc5c6ccccc6c6ccccc6c5c5ccccc45)c3)cc2)cc(-c2cccc(-c3cc4c5ccccc5c5ccccc5c4c4ccccc34)c2)c1. The van der Waals surface area contributed by atoms with E-state index in [9.17, 15) is 0 Å². The van der Waals surface area contributed by atoms with E-state index in [0.29, 0.717) is 0 Å². The molecule has 0 saturated carbocycles. The first-order valence-corrected chi connectivity index (χ1v) is 23.7. The van der Waals surface area contributed by atoms with Crippen LogP contribution >= 0.6 is 0 Å². The van der Waals surface area contributed by atoms with Gasteiger partial charge >= 0.3 is 0 Å². The number of fused-ring (bicyclic) bond motifs is 16. The Bertz CT molecular complexity index is 4360. The van der Waals surface area contributed by atoms with Gasteiger partial charge in [-0.1, -0.05) is 224 Å². The molecule has 0 nitrogen and oxygen atoms in total. The van der Waals surface area contributed by atoms with E-state index in [-0.39, 0.29) is 0 Å². The molecular formula is C68H42. The summed E-state index contributed by atoms with van der Waals surface area (Å²) in [6, 6.07) is 94.5. The Morgan fingerprint density at radius 2 is 0.368 bits per heavy atom. The van der Waals surface area contributed by atoms with Crippen molar-refractivity contribution in [2.75, 3.05) is 0 Å². The number of hydrogen-bond donors (Lipinski definition) is 0. The first-order chi connectivity index (χ1) is 33.7. The largest absolute Gasteiger partial charge is 0.0616 e. The van der Waals surface area contributed by atoms with Crippen LogP contribution in [0.25, 0.3) is 142 Å². The topological polar surface area (TPSA) is 0 Å². The lowest BCUT2D eigenvalue weighted by Crippen LogP contribution is -1.89. The van der Waals surface area contributed by atoms with E-state index in [1.54, 1.807) is 0 Å². The van der Waals surface area contributed by atoms with Crippen molar-refractivity contribution in [3.8, 4) is 55.6 Å². The molecule has 0 heteroatoms. The lowest BCUT2D eigenvalue weighted by Gasteiger charge is -2.16. The van der Waals surface area contributed by atoms with Crippen molar-refractivity contribution in [1.29, 1.82) is 0 Å². The maximum Gasteiger partial charge on any atom is -0.00199 e. The zero-order chi connectivity index (χ0) is 44.7. The smallest absolute Gasteiger partial charge is 0.00199 e. The third-order valence-corrected chi connectivity index (χ3v) is 14.6. The predicted octanol–water partition coefficient (Wildman–Crippen LogP) is 19.2. The van der Waals surface area contributed by atoms with Crippen LogP contribution < -0.4 is 0 Å². The monoisotopic (exact) mass is 858 g/mol. The van der Waals surface area contributed by atoms with Crippen LogP contribution in [-0.4, -0.2) is 0 Å². The molecule has 0 radical (unpaired) electrons. The van der Waals surface area contributed by atoms with Crippen LogP contribution in [0, 0.1) is 0 Å². The highest BCUT2D eigenvalue weighted by Crippen LogP contribution is 2.45. The van der Waals surface area contributed by atoms with Crippen molar-refractivity contribution in [2.45, 2.75) is 0 Å². The summed E-state index contributed by atoms with van der Waals surface area (Å²) in [7, 11) is 0. The molecule has 314 valence electrons. The van der Waals surface area contributed by atoms with E-state index in [1.807, 2.05) is 0 Å². The normalized spacial score (nSPS) is 11.8. The molecule has 14 aromatic carbocycles. The molecule has 14 aromatic rings. The summed E-state index contributed by atoms with van der Waals surface area (Å²) in [4.78, 5) is 0. The van der Waals surface area contributed by atoms with Crippen LogP contribution in [0.4, 0.5) is 0 Å². The van der Waals surface area contributed by atoms with Crippen LogP contribution in [0.15, 0.2) is 255 Å². The summed E-state index contributed by atoms with van der Waals surface area (Å²) in [6.45, 7) is 0. The Balaban J connectivity index is 0.823. The highest BCUT2D eigenvalue weighted by atomic mass is 14.2. The van der Waals surface area contributed by atoms with E-state index >= 15 is 0 Å². The molecular weight excluding hydrogens is 817 g/mol. The molecule has 0 saturated heterocycles. The molecule has 0 aromatic heterocycles. The Kier molecular flexibility index (Phi) is 8.69. The van der Waals surface area contributed by atoms with E-state index in [0.717, 1.165) is 0 Å². The van der Waals surface area contributed by atoms with E-state index in [2.05, 4.69) is 255 Å². The molecule has 0 aliphatic carbocycles. The summed E-state index contributed by atoms with van der Waals surface area (Å²) in [5.74, 6) is 0. The van der Waals surface area contributed by atoms with Crippen LogP contribution in [0.3, 0.4) is 0 Å². The molecule has 14 rings (SSSR count). The summed E-state index contributed by atoms with van der Waals surface area (Å²) in [5, 5.41) is 20.7. The van der Waals surface area contributed by atoms with Gasteiger partial charge in [-0.15, -0.1) is 0 Å². The maximum atomic E-state index is 2.44. The number of rotatable bonds is 5. The molecule has 0 heterocycles. The zero-order valence-electron chi connectivity index (χ0n) is 37.2. The number of benzene rings is 14. The third-order valence-electron chi connectivity index (χ3n) is 14.6. The fourth-order valence-electron chi connectivity index (χ4n) is 11.5. The van der Waals surface area contributed by atoms with Crippen molar-refractivity contribution in [3.05, 3.63) is 255 Å². The zero-order valence-corrected chi connectivity index (χ0v) is 37.2. The first-order valence-electron chi connectivity index (χ1n) is 23.7. The molecule has 0 spiro atoms. The average Bonchev–Trinajstić information content (AvgIpc) is 3.42. The molecule has 0 bridgehead atoms. The van der Waals surface area contributed by atoms with Crippen LogP contribution in [0.2, 0.25) is 0 Å². The van der Waals surface area contributed by atoms with Crippen molar-refractivity contribution in [3.63, 3.8) is 0 Å². The van der Waals surface area contributed by atoms with Gasteiger partial charge in [0.1, 0.15) is 0 Å². The minimum atomic E-state index is 1.20. The lowest BCUT2D eigenvalue weighted by atomic mass is 9.87. The van der Waals surface area contributed by atoms with Gasteiger partial charge < -0.3 is 0 Å². The molecule has 0 aliphatic heterocycles. The second-order valence-electron chi connectivity index (χ2n) is 18.3. The van der Waals surface area contributed by atoms with Gasteiger partial charge in [-0.3, -0.25) is 0 Å². The van der Waals surface area contributed by atoms with E-state index in [1.165, 1.54) is 142 Å². The second kappa shape index (κ2) is 15.4. The fourth-order valence-corrected chi connectivity index (χ4v) is 11.5. The van der Waals surface area contributed by atoms with E-state index in [4.69, 9.17) is 0 Å². The highest BCUT2D eigenvalue weighted by molar-refractivity contribution is 6.34. The Hall–Kier alpha value is -8.84. The van der Waals surface area contributed by atoms with Gasteiger partial charge in [0.2, 0.25) is 0 Å². The van der Waals surface area contributed by atoms with Crippen molar-refractivity contribution in [2.24, 2.45) is 0 Å². The standard InChI is InChI=1S/C68H42/c1-3-26-55-51(22-1)53-24-5-9-30-59(53)67-61-32-11-7-28-57(61)63(41-65(55)67)49-20-14-17-46(39-49)44-36-34-43(35-37-44)45-16-13-18-47(38-45)48-19-15-21-50(40-48)64-42-66-56-27-4-2-23-52(56)54-25-6-10-31-60(54)68(66)62-33-12-8-29-58(62)64/h1-42H. The predicted molar refractivity (Wildman–Crippen MR) is 294 cm³/mol. The fraction of sp³-hybridized carbons (Fsp3) is 0. The van der Waals surface area contributed by atoms with Crippen molar-refractivity contribution in [1.82, 2.24) is 0 Å². The third kappa shape index (κ3) is 6.01. The first kappa shape index (κ1) is 38.4. The van der Waals surface area contributed by atoms with Crippen LogP contribution in [0.1, 0.15) is 0 Å². The molecule has 0 fully saturated rings. The Labute approximate surface area is 394 Å². The maximum absolute atomic E-state index is 2.44. The summed E-state index contributed by atoms with van der Waals surface area (Å²) < 4.78 is 0. The minimum absolute atomic E-state index is 1.20. The average molecular weight is 859 g/mol. The van der Waals surface area contributed by atoms with Gasteiger partial charge in [0, 0.05) is 0 Å². The van der Waals surface area contributed by atoms with Crippen molar-refractivity contribution < 1.29 is 0 Å². The Morgan fingerprint density at radius 1 is 0.132 bits per heavy atom. The summed E-state index contributed by atoms with van der Waals surface area (Å²) >= 11 is 0. The minimum Gasteiger partial charge on any atom is -0.0616 e. The van der Waals surface area contributed by atoms with Gasteiger partial charge in [-0.25, -0.2) is 0 Å². The molecule has 68 heavy (non-hydrogen) atoms. The van der Waals surface area contributed by atoms with E-state index < -0.39 is 0 Å². The van der Waals surface area contributed by atoms with Gasteiger partial charge in [0.25, 0.3) is 0 Å². The van der Waals surface area contributed by atoms with Crippen LogP contribution in [0.5, 0.6) is 0 Å². The summed E-state index contributed by atoms with van der Waals surface area (Å²) in [5.41, 5.74) is 12.1.